The summed E-state index contributed by atoms with van der Waals surface area (Å²) < 4.78 is 5.81. The average molecular weight is 241 g/mol. The summed E-state index contributed by atoms with van der Waals surface area (Å²) in [6.45, 7) is 7.71. The molecule has 0 saturated carbocycles. The first kappa shape index (κ1) is 13.3. The van der Waals surface area contributed by atoms with E-state index in [0.717, 1.165) is 32.2 Å². The number of likely N-dealkylation sites (N-methyl/N-ethyl adjacent to an activating group) is 2. The van der Waals surface area contributed by atoms with E-state index in [1.165, 1.54) is 32.5 Å². The van der Waals surface area contributed by atoms with Gasteiger partial charge in [0, 0.05) is 26.2 Å². The Hall–Kier alpha value is -0.160. The maximum absolute atomic E-state index is 5.81. The van der Waals surface area contributed by atoms with E-state index in [0.29, 0.717) is 6.10 Å². The highest BCUT2D eigenvalue weighted by Crippen LogP contribution is 2.12. The second-order valence-electron chi connectivity index (χ2n) is 5.69. The standard InChI is InChI=1S/C13H27N3O/c1-15-6-7-17-13(10-15)11-16(2)9-12-4-3-5-14-8-12/h12-14H,3-11H2,1-2H3. The van der Waals surface area contributed by atoms with Gasteiger partial charge in [0.15, 0.2) is 0 Å². The van der Waals surface area contributed by atoms with Gasteiger partial charge in [-0.1, -0.05) is 0 Å². The number of hydrogen-bond acceptors (Lipinski definition) is 4. The largest absolute Gasteiger partial charge is 0.374 e. The van der Waals surface area contributed by atoms with Crippen molar-refractivity contribution >= 4 is 0 Å². The van der Waals surface area contributed by atoms with Crippen LogP contribution in [0.4, 0.5) is 0 Å². The summed E-state index contributed by atoms with van der Waals surface area (Å²) in [5.74, 6) is 0.829. The summed E-state index contributed by atoms with van der Waals surface area (Å²) in [7, 11) is 4.41. The van der Waals surface area contributed by atoms with Crippen molar-refractivity contribution in [2.45, 2.75) is 18.9 Å². The SMILES string of the molecule is CN1CCOC(CN(C)CC2CCCNC2)C1. The fourth-order valence-corrected chi connectivity index (χ4v) is 2.92. The Kier molecular flexibility index (Phi) is 5.22. The first-order chi connectivity index (χ1) is 8.24. The van der Waals surface area contributed by atoms with Gasteiger partial charge >= 0.3 is 0 Å². The van der Waals surface area contributed by atoms with Crippen molar-refractivity contribution in [3.63, 3.8) is 0 Å². The lowest BCUT2D eigenvalue weighted by Crippen LogP contribution is -2.46. The highest BCUT2D eigenvalue weighted by Gasteiger charge is 2.21. The van der Waals surface area contributed by atoms with Crippen LogP contribution < -0.4 is 5.32 Å². The van der Waals surface area contributed by atoms with Crippen LogP contribution in [0.25, 0.3) is 0 Å². The van der Waals surface area contributed by atoms with E-state index >= 15 is 0 Å². The van der Waals surface area contributed by atoms with Crippen molar-refractivity contribution in [3.8, 4) is 0 Å². The fourth-order valence-electron chi connectivity index (χ4n) is 2.92. The van der Waals surface area contributed by atoms with Gasteiger partial charge in [-0.2, -0.15) is 0 Å². The van der Waals surface area contributed by atoms with Crippen LogP contribution >= 0.6 is 0 Å². The molecule has 4 heteroatoms. The van der Waals surface area contributed by atoms with Gasteiger partial charge in [-0.05, 0) is 45.9 Å². The average Bonchev–Trinajstić information content (AvgIpc) is 2.30. The zero-order valence-corrected chi connectivity index (χ0v) is 11.3. The van der Waals surface area contributed by atoms with Crippen LogP contribution in [0.2, 0.25) is 0 Å². The van der Waals surface area contributed by atoms with E-state index in [2.05, 4.69) is 29.2 Å². The maximum Gasteiger partial charge on any atom is 0.0829 e. The Bertz CT molecular complexity index is 219. The number of rotatable bonds is 4. The predicted molar refractivity (Wildman–Crippen MR) is 70.3 cm³/mol. The Morgan fingerprint density at radius 2 is 2.29 bits per heavy atom. The monoisotopic (exact) mass is 241 g/mol. The molecule has 17 heavy (non-hydrogen) atoms. The minimum Gasteiger partial charge on any atom is -0.374 e. The third-order valence-electron chi connectivity index (χ3n) is 3.83. The molecule has 0 aliphatic carbocycles. The third-order valence-corrected chi connectivity index (χ3v) is 3.83. The van der Waals surface area contributed by atoms with Crippen molar-refractivity contribution in [1.29, 1.82) is 0 Å². The molecular weight excluding hydrogens is 214 g/mol. The molecule has 2 aliphatic rings. The van der Waals surface area contributed by atoms with E-state index in [9.17, 15) is 0 Å². The molecule has 0 bridgehead atoms. The number of hydrogen-bond donors (Lipinski definition) is 1. The fraction of sp³-hybridized carbons (Fsp3) is 1.00. The van der Waals surface area contributed by atoms with E-state index < -0.39 is 0 Å². The van der Waals surface area contributed by atoms with Crippen LogP contribution in [-0.4, -0.2) is 75.9 Å². The molecule has 1 N–H and O–H groups in total. The predicted octanol–water partition coefficient (Wildman–Crippen LogP) is 0.248. The van der Waals surface area contributed by atoms with Gasteiger partial charge in [-0.3, -0.25) is 0 Å². The second-order valence-corrected chi connectivity index (χ2v) is 5.69. The summed E-state index contributed by atoms with van der Waals surface area (Å²) >= 11 is 0. The molecule has 0 amide bonds. The molecule has 2 atom stereocenters. The molecule has 2 aliphatic heterocycles. The normalized spacial score (nSPS) is 31.9. The lowest BCUT2D eigenvalue weighted by atomic mass is 9.99. The molecule has 0 aromatic heterocycles. The lowest BCUT2D eigenvalue weighted by Gasteiger charge is -2.34. The van der Waals surface area contributed by atoms with E-state index in [1.54, 1.807) is 0 Å². The van der Waals surface area contributed by atoms with Gasteiger partial charge in [0.25, 0.3) is 0 Å². The first-order valence-corrected chi connectivity index (χ1v) is 6.93. The van der Waals surface area contributed by atoms with Crippen LogP contribution in [0.3, 0.4) is 0 Å². The highest BCUT2D eigenvalue weighted by atomic mass is 16.5. The van der Waals surface area contributed by atoms with Crippen molar-refractivity contribution in [3.05, 3.63) is 0 Å². The van der Waals surface area contributed by atoms with Gasteiger partial charge in [-0.15, -0.1) is 0 Å². The Balaban J connectivity index is 1.66. The summed E-state index contributed by atoms with van der Waals surface area (Å²) in [5.41, 5.74) is 0. The summed E-state index contributed by atoms with van der Waals surface area (Å²) in [6.07, 6.45) is 3.11. The van der Waals surface area contributed by atoms with Gasteiger partial charge in [0.05, 0.1) is 12.7 Å². The molecule has 2 saturated heterocycles. The van der Waals surface area contributed by atoms with Crippen LogP contribution in [0, 0.1) is 5.92 Å². The highest BCUT2D eigenvalue weighted by molar-refractivity contribution is 4.76. The summed E-state index contributed by atoms with van der Waals surface area (Å²) in [4.78, 5) is 4.81. The zero-order valence-electron chi connectivity index (χ0n) is 11.3. The number of piperidine rings is 1. The van der Waals surface area contributed by atoms with Crippen molar-refractivity contribution < 1.29 is 4.74 Å². The smallest absolute Gasteiger partial charge is 0.0829 e. The molecule has 2 rings (SSSR count). The van der Waals surface area contributed by atoms with Crippen molar-refractivity contribution in [1.82, 2.24) is 15.1 Å². The number of morpholine rings is 1. The lowest BCUT2D eigenvalue weighted by molar-refractivity contribution is -0.0341. The molecule has 100 valence electrons. The maximum atomic E-state index is 5.81. The number of nitrogens with zero attached hydrogens (tertiary/aromatic N) is 2. The molecule has 2 unspecified atom stereocenters. The molecule has 0 spiro atoms. The molecule has 0 aromatic rings. The Morgan fingerprint density at radius 1 is 1.41 bits per heavy atom. The summed E-state index contributed by atoms with van der Waals surface area (Å²) in [5, 5.41) is 3.48. The molecule has 0 aromatic carbocycles. The Labute approximate surface area is 105 Å². The van der Waals surface area contributed by atoms with Crippen molar-refractivity contribution in [2.75, 3.05) is 60.0 Å². The van der Waals surface area contributed by atoms with Crippen LogP contribution in [0.15, 0.2) is 0 Å². The van der Waals surface area contributed by atoms with Gasteiger partial charge in [0.2, 0.25) is 0 Å². The molecule has 4 nitrogen and oxygen atoms in total. The van der Waals surface area contributed by atoms with Crippen LogP contribution in [0.1, 0.15) is 12.8 Å². The van der Waals surface area contributed by atoms with Crippen LogP contribution in [0.5, 0.6) is 0 Å². The minimum atomic E-state index is 0.398. The first-order valence-electron chi connectivity index (χ1n) is 6.93. The van der Waals surface area contributed by atoms with E-state index in [4.69, 9.17) is 4.74 Å². The van der Waals surface area contributed by atoms with Gasteiger partial charge in [0.1, 0.15) is 0 Å². The molecule has 0 radical (unpaired) electrons. The molecule has 2 heterocycles. The number of ether oxygens (including phenoxy) is 1. The molecule has 2 fully saturated rings. The van der Waals surface area contributed by atoms with Gasteiger partial charge < -0.3 is 19.9 Å². The quantitative estimate of drug-likeness (QED) is 0.763. The number of nitrogens with one attached hydrogen (secondary N) is 1. The second kappa shape index (κ2) is 6.69. The zero-order chi connectivity index (χ0) is 12.1. The van der Waals surface area contributed by atoms with E-state index in [-0.39, 0.29) is 0 Å². The molecular formula is C13H27N3O. The third kappa shape index (κ3) is 4.54. The Morgan fingerprint density at radius 3 is 3.00 bits per heavy atom. The van der Waals surface area contributed by atoms with Crippen molar-refractivity contribution in [2.24, 2.45) is 5.92 Å². The van der Waals surface area contributed by atoms with E-state index in [1.807, 2.05) is 0 Å². The van der Waals surface area contributed by atoms with Gasteiger partial charge in [-0.25, -0.2) is 0 Å². The topological polar surface area (TPSA) is 27.7 Å². The van der Waals surface area contributed by atoms with Crippen LogP contribution in [-0.2, 0) is 4.74 Å². The summed E-state index contributed by atoms with van der Waals surface area (Å²) in [6, 6.07) is 0. The minimum absolute atomic E-state index is 0.398.